The van der Waals surface area contributed by atoms with E-state index in [1.54, 1.807) is 18.2 Å². The summed E-state index contributed by atoms with van der Waals surface area (Å²) in [5.74, 6) is -0.228. The second kappa shape index (κ2) is 8.27. The summed E-state index contributed by atoms with van der Waals surface area (Å²) in [5, 5.41) is 25.3. The van der Waals surface area contributed by atoms with Gasteiger partial charge in [-0.3, -0.25) is 9.78 Å². The van der Waals surface area contributed by atoms with Crippen molar-refractivity contribution in [3.05, 3.63) is 71.9 Å². The maximum Gasteiger partial charge on any atom is 0.228 e. The SMILES string of the molecule is N#Cc1ccc(-c2ccncc2NC(O)c2ccnc(NC(=O)C3CC3)c2)c(F)c1. The van der Waals surface area contributed by atoms with Crippen molar-refractivity contribution >= 4 is 17.4 Å². The maximum atomic E-state index is 14.5. The molecule has 2 heterocycles. The van der Waals surface area contributed by atoms with Gasteiger partial charge in [-0.15, -0.1) is 0 Å². The van der Waals surface area contributed by atoms with Crippen LogP contribution in [0.4, 0.5) is 15.9 Å². The zero-order valence-corrected chi connectivity index (χ0v) is 15.8. The summed E-state index contributed by atoms with van der Waals surface area (Å²) in [4.78, 5) is 20.1. The van der Waals surface area contributed by atoms with Crippen LogP contribution in [0, 0.1) is 23.1 Å². The van der Waals surface area contributed by atoms with E-state index in [0.717, 1.165) is 18.9 Å². The minimum absolute atomic E-state index is 0.0405. The van der Waals surface area contributed by atoms with Gasteiger partial charge in [-0.05, 0) is 43.2 Å². The molecular weight excluding hydrogens is 385 g/mol. The lowest BCUT2D eigenvalue weighted by Gasteiger charge is -2.18. The number of hydrogen-bond acceptors (Lipinski definition) is 6. The molecule has 1 atom stereocenters. The molecule has 1 aliphatic carbocycles. The molecule has 1 saturated carbocycles. The summed E-state index contributed by atoms with van der Waals surface area (Å²) < 4.78 is 14.5. The minimum atomic E-state index is -1.14. The molecule has 30 heavy (non-hydrogen) atoms. The average Bonchev–Trinajstić information content (AvgIpc) is 3.60. The van der Waals surface area contributed by atoms with E-state index in [1.165, 1.54) is 30.7 Å². The van der Waals surface area contributed by atoms with Crippen LogP contribution < -0.4 is 10.6 Å². The number of nitrogens with zero attached hydrogens (tertiary/aromatic N) is 3. The lowest BCUT2D eigenvalue weighted by Crippen LogP contribution is -2.16. The molecule has 4 rings (SSSR count). The highest BCUT2D eigenvalue weighted by Crippen LogP contribution is 2.32. The predicted molar refractivity (Wildman–Crippen MR) is 109 cm³/mol. The molecule has 1 fully saturated rings. The zero-order valence-electron chi connectivity index (χ0n) is 15.8. The van der Waals surface area contributed by atoms with Crippen LogP contribution in [0.1, 0.15) is 30.2 Å². The number of nitriles is 1. The van der Waals surface area contributed by atoms with E-state index >= 15 is 0 Å². The van der Waals surface area contributed by atoms with Gasteiger partial charge in [0.05, 0.1) is 23.5 Å². The fourth-order valence-electron chi connectivity index (χ4n) is 3.04. The summed E-state index contributed by atoms with van der Waals surface area (Å²) in [7, 11) is 0. The number of hydrogen-bond donors (Lipinski definition) is 3. The molecule has 7 nitrogen and oxygen atoms in total. The van der Waals surface area contributed by atoms with Crippen LogP contribution in [0.5, 0.6) is 0 Å². The molecule has 0 bridgehead atoms. The smallest absolute Gasteiger partial charge is 0.228 e. The van der Waals surface area contributed by atoms with Gasteiger partial charge in [0.1, 0.15) is 11.6 Å². The van der Waals surface area contributed by atoms with Gasteiger partial charge in [0.2, 0.25) is 5.91 Å². The molecule has 0 aliphatic heterocycles. The molecule has 3 aromatic rings. The Balaban J connectivity index is 1.56. The molecule has 1 aliphatic rings. The third kappa shape index (κ3) is 4.26. The van der Waals surface area contributed by atoms with E-state index in [1.807, 2.05) is 6.07 Å². The number of carbonyl (C=O) groups is 1. The number of aliphatic hydroxyl groups is 1. The summed E-state index contributed by atoms with van der Waals surface area (Å²) in [5.41, 5.74) is 1.87. The molecule has 3 N–H and O–H groups in total. The number of carbonyl (C=O) groups excluding carboxylic acids is 1. The molecule has 0 radical (unpaired) electrons. The molecule has 150 valence electrons. The van der Waals surface area contributed by atoms with Gasteiger partial charge in [0.15, 0.2) is 6.23 Å². The van der Waals surface area contributed by atoms with Crippen LogP contribution in [-0.2, 0) is 4.79 Å². The normalized spacial score (nSPS) is 13.9. The number of halogens is 1. The van der Waals surface area contributed by atoms with Gasteiger partial charge in [-0.2, -0.15) is 5.26 Å². The Labute approximate surface area is 172 Å². The van der Waals surface area contributed by atoms with Crippen molar-refractivity contribution < 1.29 is 14.3 Å². The van der Waals surface area contributed by atoms with Crippen LogP contribution in [0.2, 0.25) is 0 Å². The highest BCUT2D eigenvalue weighted by atomic mass is 19.1. The number of nitrogens with one attached hydrogen (secondary N) is 2. The maximum absolute atomic E-state index is 14.5. The van der Waals surface area contributed by atoms with Gasteiger partial charge in [0, 0.05) is 35.0 Å². The Morgan fingerprint density at radius 1 is 1.20 bits per heavy atom. The Morgan fingerprint density at radius 2 is 2.03 bits per heavy atom. The summed E-state index contributed by atoms with van der Waals surface area (Å²) >= 11 is 0. The van der Waals surface area contributed by atoms with Gasteiger partial charge in [0.25, 0.3) is 0 Å². The van der Waals surface area contributed by atoms with Gasteiger partial charge >= 0.3 is 0 Å². The van der Waals surface area contributed by atoms with Crippen molar-refractivity contribution in [1.29, 1.82) is 5.26 Å². The lowest BCUT2D eigenvalue weighted by molar-refractivity contribution is -0.117. The fraction of sp³-hybridized carbons (Fsp3) is 0.182. The topological polar surface area (TPSA) is 111 Å². The highest BCUT2D eigenvalue weighted by molar-refractivity contribution is 5.93. The van der Waals surface area contributed by atoms with E-state index in [0.29, 0.717) is 22.6 Å². The summed E-state index contributed by atoms with van der Waals surface area (Å²) in [6.07, 6.45) is 5.11. The van der Waals surface area contributed by atoms with Crippen molar-refractivity contribution in [2.24, 2.45) is 5.92 Å². The number of pyridine rings is 2. The number of amides is 1. The van der Waals surface area contributed by atoms with Crippen molar-refractivity contribution in [1.82, 2.24) is 9.97 Å². The quantitative estimate of drug-likeness (QED) is 0.542. The van der Waals surface area contributed by atoms with E-state index in [2.05, 4.69) is 20.6 Å². The molecule has 1 amide bonds. The number of aliphatic hydroxyl groups excluding tert-OH is 1. The standard InChI is InChI=1S/C22H18FN5O2/c23-18-9-13(11-24)1-4-16(18)17-6-7-25-12-19(17)27-22(30)15-5-8-26-20(10-15)28-21(29)14-2-3-14/h1,4-10,12,14,22,27,30H,2-3H2,(H,26,28,29). The van der Waals surface area contributed by atoms with Gasteiger partial charge in [-0.1, -0.05) is 6.07 Å². The van der Waals surface area contributed by atoms with Crippen molar-refractivity contribution in [2.75, 3.05) is 10.6 Å². The number of rotatable bonds is 6. The largest absolute Gasteiger partial charge is 0.369 e. The van der Waals surface area contributed by atoms with Crippen LogP contribution >= 0.6 is 0 Å². The van der Waals surface area contributed by atoms with Crippen molar-refractivity contribution in [3.8, 4) is 17.2 Å². The summed E-state index contributed by atoms with van der Waals surface area (Å²) in [6, 6.07) is 10.9. The number of benzene rings is 1. The van der Waals surface area contributed by atoms with Gasteiger partial charge in [-0.25, -0.2) is 9.37 Å². The van der Waals surface area contributed by atoms with E-state index in [-0.39, 0.29) is 23.0 Å². The molecule has 0 spiro atoms. The van der Waals surface area contributed by atoms with Gasteiger partial charge < -0.3 is 15.7 Å². The van der Waals surface area contributed by atoms with Crippen LogP contribution in [-0.4, -0.2) is 21.0 Å². The monoisotopic (exact) mass is 403 g/mol. The predicted octanol–water partition coefficient (Wildman–Crippen LogP) is 3.61. The van der Waals surface area contributed by atoms with E-state index < -0.39 is 12.0 Å². The molecule has 0 saturated heterocycles. The van der Waals surface area contributed by atoms with Crippen LogP contribution in [0.3, 0.4) is 0 Å². The second-order valence-electron chi connectivity index (χ2n) is 7.01. The molecule has 2 aromatic heterocycles. The Morgan fingerprint density at radius 3 is 2.77 bits per heavy atom. The highest BCUT2D eigenvalue weighted by Gasteiger charge is 2.29. The van der Waals surface area contributed by atoms with E-state index in [4.69, 9.17) is 5.26 Å². The molecule has 1 unspecified atom stereocenters. The first-order valence-corrected chi connectivity index (χ1v) is 9.40. The van der Waals surface area contributed by atoms with Crippen LogP contribution in [0.15, 0.2) is 55.0 Å². The lowest BCUT2D eigenvalue weighted by atomic mass is 10.0. The average molecular weight is 403 g/mol. The minimum Gasteiger partial charge on any atom is -0.369 e. The van der Waals surface area contributed by atoms with Crippen molar-refractivity contribution in [3.63, 3.8) is 0 Å². The second-order valence-corrected chi connectivity index (χ2v) is 7.01. The molecule has 8 heteroatoms. The first kappa shape index (κ1) is 19.5. The third-order valence-corrected chi connectivity index (χ3v) is 4.80. The Kier molecular flexibility index (Phi) is 5.37. The number of anilines is 2. The Hall–Kier alpha value is -3.83. The fourth-order valence-corrected chi connectivity index (χ4v) is 3.04. The van der Waals surface area contributed by atoms with E-state index in [9.17, 15) is 14.3 Å². The third-order valence-electron chi connectivity index (χ3n) is 4.80. The summed E-state index contributed by atoms with van der Waals surface area (Å²) in [6.45, 7) is 0. The van der Waals surface area contributed by atoms with Crippen LogP contribution in [0.25, 0.3) is 11.1 Å². The molecular formula is C22H18FN5O2. The number of aromatic nitrogens is 2. The first-order chi connectivity index (χ1) is 14.5. The zero-order chi connectivity index (χ0) is 21.1. The van der Waals surface area contributed by atoms with Crippen molar-refractivity contribution in [2.45, 2.75) is 19.1 Å². The Bertz CT molecular complexity index is 1140. The first-order valence-electron chi connectivity index (χ1n) is 9.40. The molecule has 1 aromatic carbocycles.